The monoisotopic (exact) mass is 441 g/mol. The quantitative estimate of drug-likeness (QED) is 0.471. The Balaban J connectivity index is 1.87. The number of nitrogens with one attached hydrogen (secondary N) is 2. The van der Waals surface area contributed by atoms with Crippen molar-refractivity contribution in [3.63, 3.8) is 0 Å². The molecule has 2 N–H and O–H groups in total. The van der Waals surface area contributed by atoms with Crippen LogP contribution in [0.5, 0.6) is 5.75 Å². The Kier molecular flexibility index (Phi) is 7.87. The molecule has 8 heteroatoms. The molecule has 0 aliphatic heterocycles. The average Bonchev–Trinajstić information content (AvgIpc) is 3.16. The number of carbonyl (C=O) groups is 2. The Hall–Kier alpha value is -2.84. The van der Waals surface area contributed by atoms with Crippen molar-refractivity contribution in [1.29, 1.82) is 0 Å². The number of anilines is 1. The molecular weight excluding hydrogens is 418 g/mol. The number of benzene rings is 2. The zero-order valence-electron chi connectivity index (χ0n) is 16.8. The average molecular weight is 442 g/mol. The normalized spacial score (nSPS) is 10.5. The summed E-state index contributed by atoms with van der Waals surface area (Å²) in [5, 5.41) is 6.39. The lowest BCUT2D eigenvalue weighted by Gasteiger charge is -2.10. The number of aromatic nitrogens is 1. The van der Waals surface area contributed by atoms with Crippen LogP contribution in [0.2, 0.25) is 0 Å². The molecule has 0 unspecified atom stereocenters. The molecule has 2 aromatic carbocycles. The third kappa shape index (κ3) is 5.61. The van der Waals surface area contributed by atoms with Gasteiger partial charge >= 0.3 is 0 Å². The summed E-state index contributed by atoms with van der Waals surface area (Å²) in [4.78, 5) is 29.4. The summed E-state index contributed by atoms with van der Waals surface area (Å²) in [7, 11) is 0. The number of hydrogen-bond acceptors (Lipinski definition) is 6. The summed E-state index contributed by atoms with van der Waals surface area (Å²) in [6.45, 7) is 4.82. The molecular formula is C22H23N3O3S2. The maximum absolute atomic E-state index is 13.0. The van der Waals surface area contributed by atoms with Crippen molar-refractivity contribution in [3.8, 4) is 17.0 Å². The summed E-state index contributed by atoms with van der Waals surface area (Å²) in [6.07, 6.45) is 0. The van der Waals surface area contributed by atoms with Gasteiger partial charge in [0.25, 0.3) is 5.91 Å². The van der Waals surface area contributed by atoms with Crippen molar-refractivity contribution >= 4 is 39.9 Å². The molecule has 1 aromatic heterocycles. The van der Waals surface area contributed by atoms with Crippen molar-refractivity contribution in [1.82, 2.24) is 10.3 Å². The van der Waals surface area contributed by atoms with Crippen LogP contribution >= 0.6 is 23.1 Å². The van der Waals surface area contributed by atoms with Crippen molar-refractivity contribution in [2.45, 2.75) is 18.2 Å². The van der Waals surface area contributed by atoms with Gasteiger partial charge in [-0.1, -0.05) is 65.6 Å². The van der Waals surface area contributed by atoms with Gasteiger partial charge in [-0.25, -0.2) is 4.98 Å². The molecule has 156 valence electrons. The highest BCUT2D eigenvalue weighted by atomic mass is 32.2. The number of amides is 2. The molecule has 0 spiro atoms. The van der Waals surface area contributed by atoms with Gasteiger partial charge in [-0.2, -0.15) is 0 Å². The van der Waals surface area contributed by atoms with E-state index in [4.69, 9.17) is 4.74 Å². The lowest BCUT2D eigenvalue weighted by atomic mass is 10.1. The maximum atomic E-state index is 13.0. The lowest BCUT2D eigenvalue weighted by molar-refractivity contribution is -0.118. The Labute approximate surface area is 184 Å². The predicted octanol–water partition coefficient (Wildman–Crippen LogP) is 4.69. The van der Waals surface area contributed by atoms with Crippen LogP contribution < -0.4 is 15.4 Å². The summed E-state index contributed by atoms with van der Waals surface area (Å²) in [5.41, 5.74) is 2.04. The minimum absolute atomic E-state index is 0.0461. The summed E-state index contributed by atoms with van der Waals surface area (Å²) >= 11 is 2.71. The van der Waals surface area contributed by atoms with Crippen molar-refractivity contribution < 1.29 is 14.3 Å². The molecule has 0 aliphatic carbocycles. The summed E-state index contributed by atoms with van der Waals surface area (Å²) < 4.78 is 6.30. The second-order valence-electron chi connectivity index (χ2n) is 6.15. The molecule has 3 rings (SSSR count). The summed E-state index contributed by atoms with van der Waals surface area (Å²) in [5.74, 6) is 0.500. The molecule has 30 heavy (non-hydrogen) atoms. The maximum Gasteiger partial charge on any atom is 0.260 e. The fourth-order valence-electron chi connectivity index (χ4n) is 2.72. The number of nitrogens with zero attached hydrogens (tertiary/aromatic N) is 1. The molecule has 0 bridgehead atoms. The Bertz CT molecular complexity index is 1010. The first-order chi connectivity index (χ1) is 14.6. The highest BCUT2D eigenvalue weighted by Gasteiger charge is 2.19. The van der Waals surface area contributed by atoms with E-state index in [-0.39, 0.29) is 17.6 Å². The highest BCUT2D eigenvalue weighted by molar-refractivity contribution is 8.01. The number of rotatable bonds is 9. The fourth-order valence-corrected chi connectivity index (χ4v) is 4.61. The van der Waals surface area contributed by atoms with E-state index in [2.05, 4.69) is 15.6 Å². The van der Waals surface area contributed by atoms with E-state index in [0.29, 0.717) is 39.5 Å². The second kappa shape index (κ2) is 10.8. The SMILES string of the molecule is CCNC(=O)CSc1nc(-c2ccccc2)c(NC(=O)c2ccccc2OCC)s1. The number of ether oxygens (including phenoxy) is 1. The van der Waals surface area contributed by atoms with E-state index >= 15 is 0 Å². The van der Waals surface area contributed by atoms with E-state index in [1.807, 2.05) is 50.2 Å². The van der Waals surface area contributed by atoms with Crippen LogP contribution in [0, 0.1) is 0 Å². The molecule has 0 saturated carbocycles. The van der Waals surface area contributed by atoms with E-state index in [1.54, 1.807) is 18.2 Å². The highest BCUT2D eigenvalue weighted by Crippen LogP contribution is 2.38. The number of carbonyl (C=O) groups excluding carboxylic acids is 2. The van der Waals surface area contributed by atoms with Crippen LogP contribution in [0.15, 0.2) is 58.9 Å². The number of thioether (sulfide) groups is 1. The van der Waals surface area contributed by atoms with E-state index in [0.717, 1.165) is 5.56 Å². The van der Waals surface area contributed by atoms with Crippen molar-refractivity contribution in [2.75, 3.05) is 24.2 Å². The topological polar surface area (TPSA) is 80.3 Å². The van der Waals surface area contributed by atoms with Crippen LogP contribution in [0.1, 0.15) is 24.2 Å². The lowest BCUT2D eigenvalue weighted by Crippen LogP contribution is -2.24. The summed E-state index contributed by atoms with van der Waals surface area (Å²) in [6, 6.07) is 16.8. The number of hydrogen-bond donors (Lipinski definition) is 2. The van der Waals surface area contributed by atoms with E-state index in [9.17, 15) is 9.59 Å². The molecule has 0 aliphatic rings. The first-order valence-electron chi connectivity index (χ1n) is 9.61. The van der Waals surface area contributed by atoms with Gasteiger partial charge in [0.05, 0.1) is 17.9 Å². The second-order valence-corrected chi connectivity index (χ2v) is 8.37. The largest absolute Gasteiger partial charge is 0.493 e. The molecule has 0 fully saturated rings. The zero-order chi connectivity index (χ0) is 21.3. The third-order valence-corrected chi connectivity index (χ3v) is 6.13. The van der Waals surface area contributed by atoms with E-state index in [1.165, 1.54) is 23.1 Å². The van der Waals surface area contributed by atoms with Gasteiger partial charge in [-0.3, -0.25) is 9.59 Å². The third-order valence-electron chi connectivity index (χ3n) is 4.01. The van der Waals surface area contributed by atoms with Gasteiger partial charge in [-0.05, 0) is 26.0 Å². The first-order valence-corrected chi connectivity index (χ1v) is 11.4. The first kappa shape index (κ1) is 21.9. The minimum Gasteiger partial charge on any atom is -0.493 e. The fraction of sp³-hybridized carbons (Fsp3) is 0.227. The molecule has 1 heterocycles. The predicted molar refractivity (Wildman–Crippen MR) is 123 cm³/mol. The molecule has 3 aromatic rings. The standard InChI is InChI=1S/C22H23N3O3S2/c1-3-23-18(26)14-29-22-24-19(15-10-6-5-7-11-15)21(30-22)25-20(27)16-12-8-9-13-17(16)28-4-2/h5-13H,3-4,14H2,1-2H3,(H,23,26)(H,25,27). The van der Waals surface area contributed by atoms with Gasteiger partial charge in [0, 0.05) is 12.1 Å². The minimum atomic E-state index is -0.264. The van der Waals surface area contributed by atoms with Crippen molar-refractivity contribution in [3.05, 3.63) is 60.2 Å². The molecule has 2 amide bonds. The number of thiazole rings is 1. The van der Waals surface area contributed by atoms with Gasteiger partial charge in [0.2, 0.25) is 5.91 Å². The van der Waals surface area contributed by atoms with Crippen LogP contribution in [0.4, 0.5) is 5.00 Å². The zero-order valence-corrected chi connectivity index (χ0v) is 18.4. The van der Waals surface area contributed by atoms with Crippen LogP contribution in [0.3, 0.4) is 0 Å². The smallest absolute Gasteiger partial charge is 0.260 e. The van der Waals surface area contributed by atoms with Crippen molar-refractivity contribution in [2.24, 2.45) is 0 Å². The van der Waals surface area contributed by atoms with Crippen LogP contribution in [-0.4, -0.2) is 35.7 Å². The Morgan fingerprint density at radius 1 is 1.07 bits per heavy atom. The van der Waals surface area contributed by atoms with Gasteiger partial charge < -0.3 is 15.4 Å². The van der Waals surface area contributed by atoms with Gasteiger partial charge in [-0.15, -0.1) is 0 Å². The van der Waals surface area contributed by atoms with Crippen LogP contribution in [0.25, 0.3) is 11.3 Å². The molecule has 0 atom stereocenters. The van der Waals surface area contributed by atoms with E-state index < -0.39 is 0 Å². The molecule has 0 saturated heterocycles. The van der Waals surface area contributed by atoms with Gasteiger partial charge in [0.1, 0.15) is 16.4 Å². The van der Waals surface area contributed by atoms with Gasteiger partial charge in [0.15, 0.2) is 4.34 Å². The Morgan fingerprint density at radius 2 is 1.80 bits per heavy atom. The van der Waals surface area contributed by atoms with Crippen LogP contribution in [-0.2, 0) is 4.79 Å². The molecule has 0 radical (unpaired) electrons. The molecule has 6 nitrogen and oxygen atoms in total. The number of para-hydroxylation sites is 1. The Morgan fingerprint density at radius 3 is 2.53 bits per heavy atom.